The van der Waals surface area contributed by atoms with Crippen LogP contribution in [0, 0.1) is 5.92 Å². The summed E-state index contributed by atoms with van der Waals surface area (Å²) in [5, 5.41) is 13.9. The quantitative estimate of drug-likeness (QED) is 0.877. The number of aliphatic hydroxyl groups excluding tert-OH is 1. The van der Waals surface area contributed by atoms with Gasteiger partial charge in [0.1, 0.15) is 0 Å². The smallest absolute Gasteiger partial charge is 0.234 e. The van der Waals surface area contributed by atoms with Crippen LogP contribution in [0.25, 0.3) is 0 Å². The number of hydrogen-bond acceptors (Lipinski definition) is 3. The summed E-state index contributed by atoms with van der Waals surface area (Å²) in [6, 6.07) is 7.39. The van der Waals surface area contributed by atoms with Crippen molar-refractivity contribution < 1.29 is 9.90 Å². The second kappa shape index (κ2) is 7.78. The Morgan fingerprint density at radius 1 is 1.38 bits per heavy atom. The molecular formula is C16H23ClN2O2. The highest BCUT2D eigenvalue weighted by atomic mass is 35.5. The molecule has 1 unspecified atom stereocenters. The molecule has 0 aromatic heterocycles. The van der Waals surface area contributed by atoms with E-state index in [1.165, 1.54) is 0 Å². The van der Waals surface area contributed by atoms with Crippen LogP contribution in [-0.4, -0.2) is 42.1 Å². The predicted molar refractivity (Wildman–Crippen MR) is 84.3 cm³/mol. The van der Waals surface area contributed by atoms with Crippen LogP contribution >= 0.6 is 11.6 Å². The van der Waals surface area contributed by atoms with E-state index in [1.807, 2.05) is 31.2 Å². The average Bonchev–Trinajstić information content (AvgIpc) is 2.48. The van der Waals surface area contributed by atoms with Gasteiger partial charge in [-0.3, -0.25) is 9.69 Å². The van der Waals surface area contributed by atoms with Crippen molar-refractivity contribution in [2.45, 2.75) is 25.9 Å². The van der Waals surface area contributed by atoms with Gasteiger partial charge < -0.3 is 10.4 Å². The fourth-order valence-corrected chi connectivity index (χ4v) is 2.94. The molecule has 1 fully saturated rings. The summed E-state index contributed by atoms with van der Waals surface area (Å²) in [4.78, 5) is 13.7. The molecule has 2 rings (SSSR count). The largest absolute Gasteiger partial charge is 0.388 e. The number of likely N-dealkylation sites (N-methyl/N-ethyl adjacent to an activating group) is 1. The first-order valence-corrected chi connectivity index (χ1v) is 7.90. The van der Waals surface area contributed by atoms with Gasteiger partial charge in [0.2, 0.25) is 5.91 Å². The molecule has 1 atom stereocenters. The Bertz CT molecular complexity index is 456. The Morgan fingerprint density at radius 2 is 2.00 bits per heavy atom. The van der Waals surface area contributed by atoms with Crippen molar-refractivity contribution >= 4 is 17.5 Å². The molecule has 0 saturated carbocycles. The van der Waals surface area contributed by atoms with Crippen molar-refractivity contribution in [3.05, 3.63) is 34.9 Å². The SMILES string of the molecule is CCNC(=O)CN1CCC(C(O)c2ccc(Cl)cc2)CC1. The topological polar surface area (TPSA) is 52.6 Å². The lowest BCUT2D eigenvalue weighted by atomic mass is 9.87. The Balaban J connectivity index is 1.83. The Kier molecular flexibility index (Phi) is 6.03. The third kappa shape index (κ3) is 4.70. The van der Waals surface area contributed by atoms with Crippen molar-refractivity contribution in [2.24, 2.45) is 5.92 Å². The molecule has 0 bridgehead atoms. The van der Waals surface area contributed by atoms with E-state index in [9.17, 15) is 9.90 Å². The summed E-state index contributed by atoms with van der Waals surface area (Å²) in [5.74, 6) is 0.325. The molecule has 1 aromatic rings. The Hall–Kier alpha value is -1.10. The molecule has 1 aromatic carbocycles. The maximum atomic E-state index is 11.6. The van der Waals surface area contributed by atoms with Gasteiger partial charge in [-0.05, 0) is 56.5 Å². The molecule has 21 heavy (non-hydrogen) atoms. The van der Waals surface area contributed by atoms with Crippen LogP contribution in [0.4, 0.5) is 0 Å². The number of aliphatic hydroxyl groups is 1. The lowest BCUT2D eigenvalue weighted by Gasteiger charge is -2.34. The minimum atomic E-state index is -0.450. The minimum absolute atomic E-state index is 0.0780. The number of nitrogens with one attached hydrogen (secondary N) is 1. The molecule has 0 radical (unpaired) electrons. The van der Waals surface area contributed by atoms with Gasteiger partial charge in [0, 0.05) is 11.6 Å². The lowest BCUT2D eigenvalue weighted by Crippen LogP contribution is -2.42. The molecule has 1 aliphatic heterocycles. The predicted octanol–water partition coefficient (Wildman–Crippen LogP) is 2.22. The highest BCUT2D eigenvalue weighted by Gasteiger charge is 2.26. The first-order valence-electron chi connectivity index (χ1n) is 7.52. The number of carbonyl (C=O) groups excluding carboxylic acids is 1. The van der Waals surface area contributed by atoms with Gasteiger partial charge >= 0.3 is 0 Å². The van der Waals surface area contributed by atoms with E-state index in [0.29, 0.717) is 18.1 Å². The summed E-state index contributed by atoms with van der Waals surface area (Å²) in [5.41, 5.74) is 0.918. The first-order chi connectivity index (χ1) is 10.1. The van der Waals surface area contributed by atoms with Gasteiger partial charge in [-0.2, -0.15) is 0 Å². The van der Waals surface area contributed by atoms with E-state index in [1.54, 1.807) is 0 Å². The Labute approximate surface area is 131 Å². The average molecular weight is 311 g/mol. The van der Waals surface area contributed by atoms with E-state index in [0.717, 1.165) is 31.5 Å². The van der Waals surface area contributed by atoms with Crippen LogP contribution in [0.5, 0.6) is 0 Å². The number of halogens is 1. The van der Waals surface area contributed by atoms with Crippen molar-refractivity contribution in [2.75, 3.05) is 26.2 Å². The number of rotatable bonds is 5. The van der Waals surface area contributed by atoms with Crippen LogP contribution in [0.15, 0.2) is 24.3 Å². The van der Waals surface area contributed by atoms with Crippen molar-refractivity contribution in [1.29, 1.82) is 0 Å². The minimum Gasteiger partial charge on any atom is -0.388 e. The number of nitrogens with zero attached hydrogens (tertiary/aromatic N) is 1. The van der Waals surface area contributed by atoms with Crippen LogP contribution in [0.1, 0.15) is 31.4 Å². The van der Waals surface area contributed by atoms with Gasteiger partial charge in [-0.1, -0.05) is 23.7 Å². The molecule has 4 nitrogen and oxygen atoms in total. The van der Waals surface area contributed by atoms with E-state index in [4.69, 9.17) is 11.6 Å². The molecular weight excluding hydrogens is 288 g/mol. The van der Waals surface area contributed by atoms with Crippen molar-refractivity contribution in [3.8, 4) is 0 Å². The zero-order valence-electron chi connectivity index (χ0n) is 12.4. The number of carbonyl (C=O) groups is 1. The third-order valence-corrected chi connectivity index (χ3v) is 4.28. The molecule has 1 aliphatic rings. The molecule has 2 N–H and O–H groups in total. The van der Waals surface area contributed by atoms with E-state index >= 15 is 0 Å². The van der Waals surface area contributed by atoms with Gasteiger partial charge in [0.25, 0.3) is 0 Å². The highest BCUT2D eigenvalue weighted by Crippen LogP contribution is 2.31. The van der Waals surface area contributed by atoms with Gasteiger partial charge in [0.05, 0.1) is 12.6 Å². The monoisotopic (exact) mass is 310 g/mol. The van der Waals surface area contributed by atoms with Gasteiger partial charge in [-0.15, -0.1) is 0 Å². The lowest BCUT2D eigenvalue weighted by molar-refractivity contribution is -0.122. The summed E-state index contributed by atoms with van der Waals surface area (Å²) in [6.07, 6.45) is 1.36. The summed E-state index contributed by atoms with van der Waals surface area (Å²) in [6.45, 7) is 4.76. The molecule has 116 valence electrons. The van der Waals surface area contributed by atoms with Crippen LogP contribution in [0.3, 0.4) is 0 Å². The fraction of sp³-hybridized carbons (Fsp3) is 0.562. The number of likely N-dealkylation sites (tertiary alicyclic amines) is 1. The molecule has 1 saturated heterocycles. The van der Waals surface area contributed by atoms with Crippen LogP contribution in [0.2, 0.25) is 5.02 Å². The highest BCUT2D eigenvalue weighted by molar-refractivity contribution is 6.30. The zero-order valence-corrected chi connectivity index (χ0v) is 13.1. The number of piperidine rings is 1. The van der Waals surface area contributed by atoms with Gasteiger partial charge in [-0.25, -0.2) is 0 Å². The number of hydrogen-bond donors (Lipinski definition) is 2. The fourth-order valence-electron chi connectivity index (χ4n) is 2.82. The molecule has 0 spiro atoms. The van der Waals surface area contributed by atoms with E-state index < -0.39 is 6.10 Å². The second-order valence-corrected chi connectivity index (χ2v) is 6.00. The normalized spacial score (nSPS) is 18.4. The summed E-state index contributed by atoms with van der Waals surface area (Å²) < 4.78 is 0. The third-order valence-electron chi connectivity index (χ3n) is 4.03. The molecule has 1 amide bonds. The Morgan fingerprint density at radius 3 is 2.57 bits per heavy atom. The van der Waals surface area contributed by atoms with Crippen LogP contribution < -0.4 is 5.32 Å². The maximum absolute atomic E-state index is 11.6. The second-order valence-electron chi connectivity index (χ2n) is 5.56. The first kappa shape index (κ1) is 16.3. The summed E-state index contributed by atoms with van der Waals surface area (Å²) >= 11 is 5.87. The molecule has 0 aliphatic carbocycles. The maximum Gasteiger partial charge on any atom is 0.234 e. The number of amides is 1. The van der Waals surface area contributed by atoms with Crippen molar-refractivity contribution in [1.82, 2.24) is 10.2 Å². The van der Waals surface area contributed by atoms with E-state index in [-0.39, 0.29) is 11.8 Å². The number of benzene rings is 1. The van der Waals surface area contributed by atoms with Crippen molar-refractivity contribution in [3.63, 3.8) is 0 Å². The van der Waals surface area contributed by atoms with Crippen LogP contribution in [-0.2, 0) is 4.79 Å². The van der Waals surface area contributed by atoms with Gasteiger partial charge in [0.15, 0.2) is 0 Å². The molecule has 1 heterocycles. The standard InChI is InChI=1S/C16H23ClN2O2/c1-2-18-15(20)11-19-9-7-13(8-10-19)16(21)12-3-5-14(17)6-4-12/h3-6,13,16,21H,2,7-11H2,1H3,(H,18,20). The molecule has 5 heteroatoms. The van der Waals surface area contributed by atoms with E-state index in [2.05, 4.69) is 10.2 Å². The zero-order chi connectivity index (χ0) is 15.2. The summed E-state index contributed by atoms with van der Waals surface area (Å²) in [7, 11) is 0.